The number of nitrogens with one attached hydrogen (secondary N) is 1. The number of carbonyl (C=O) groups is 1. The number of amides is 1. The lowest BCUT2D eigenvalue weighted by atomic mass is 9.54. The van der Waals surface area contributed by atoms with Crippen molar-refractivity contribution in [2.45, 2.75) is 90.2 Å². The van der Waals surface area contributed by atoms with Gasteiger partial charge < -0.3 is 19.7 Å². The van der Waals surface area contributed by atoms with Gasteiger partial charge in [-0.15, -0.1) is 0 Å². The maximum atomic E-state index is 13.1. The normalized spacial score (nSPS) is 36.3. The van der Waals surface area contributed by atoms with Crippen LogP contribution in [0.4, 0.5) is 0 Å². The molecule has 1 heterocycles. The van der Waals surface area contributed by atoms with Crippen LogP contribution in [0.5, 0.6) is 5.75 Å². The molecule has 0 unspecified atom stereocenters. The summed E-state index contributed by atoms with van der Waals surface area (Å²) in [6.45, 7) is 10.6. The first-order valence-electron chi connectivity index (χ1n) is 14.3. The molecule has 4 aliphatic rings. The van der Waals surface area contributed by atoms with Crippen molar-refractivity contribution < 1.29 is 14.3 Å². The number of nitrogens with zero attached hydrogens (tertiary/aromatic N) is 1. The number of methoxy groups -OCH3 is 1. The van der Waals surface area contributed by atoms with E-state index in [2.05, 4.69) is 42.3 Å². The second kappa shape index (κ2) is 10.4. The first kappa shape index (κ1) is 25.1. The molecule has 1 aromatic carbocycles. The first-order chi connectivity index (χ1) is 17.0. The third-order valence-corrected chi connectivity index (χ3v) is 10.2. The lowest BCUT2D eigenvalue weighted by molar-refractivity contribution is -0.128. The van der Waals surface area contributed by atoms with Crippen molar-refractivity contribution in [3.05, 3.63) is 29.3 Å². The highest BCUT2D eigenvalue weighted by Gasteiger charge is 2.60. The predicted octanol–water partition coefficient (Wildman–Crippen LogP) is 5.17. The molecule has 3 fully saturated rings. The summed E-state index contributed by atoms with van der Waals surface area (Å²) >= 11 is 0. The maximum Gasteiger partial charge on any atom is 0.223 e. The molecule has 2 saturated carbocycles. The highest BCUT2D eigenvalue weighted by Crippen LogP contribution is 2.63. The molecule has 194 valence electrons. The van der Waals surface area contributed by atoms with Gasteiger partial charge in [0.05, 0.1) is 12.7 Å². The van der Waals surface area contributed by atoms with Gasteiger partial charge in [-0.2, -0.15) is 0 Å². The van der Waals surface area contributed by atoms with Crippen molar-refractivity contribution in [1.82, 2.24) is 10.2 Å². The van der Waals surface area contributed by atoms with Crippen LogP contribution in [0.15, 0.2) is 18.2 Å². The van der Waals surface area contributed by atoms with E-state index >= 15 is 0 Å². The van der Waals surface area contributed by atoms with Crippen LogP contribution in [0.1, 0.15) is 82.8 Å². The van der Waals surface area contributed by atoms with Gasteiger partial charge in [0.1, 0.15) is 5.75 Å². The summed E-state index contributed by atoms with van der Waals surface area (Å²) in [6.07, 6.45) is 9.40. The molecule has 3 aliphatic carbocycles. The monoisotopic (exact) mass is 482 g/mol. The van der Waals surface area contributed by atoms with Gasteiger partial charge in [0.2, 0.25) is 5.91 Å². The van der Waals surface area contributed by atoms with Crippen molar-refractivity contribution in [3.8, 4) is 5.75 Å². The van der Waals surface area contributed by atoms with E-state index in [9.17, 15) is 4.79 Å². The van der Waals surface area contributed by atoms with E-state index in [1.54, 1.807) is 0 Å². The molecule has 0 bridgehead atoms. The number of rotatable bonds is 8. The molecule has 5 nitrogen and oxygen atoms in total. The third-order valence-electron chi connectivity index (χ3n) is 10.2. The van der Waals surface area contributed by atoms with Crippen LogP contribution < -0.4 is 10.1 Å². The van der Waals surface area contributed by atoms with Gasteiger partial charge in [-0.05, 0) is 118 Å². The molecule has 1 amide bonds. The fraction of sp³-hybridized carbons (Fsp3) is 0.767. The predicted molar refractivity (Wildman–Crippen MR) is 140 cm³/mol. The number of hydrogen-bond acceptors (Lipinski definition) is 4. The average Bonchev–Trinajstić information content (AvgIpc) is 3.41. The van der Waals surface area contributed by atoms with Crippen molar-refractivity contribution >= 4 is 5.91 Å². The Balaban J connectivity index is 1.27. The number of likely N-dealkylation sites (tertiary alicyclic amines) is 1. The number of aryl methyl sites for hydroxylation is 1. The number of ether oxygens (including phenoxy) is 2. The summed E-state index contributed by atoms with van der Waals surface area (Å²) < 4.78 is 12.2. The zero-order valence-corrected chi connectivity index (χ0v) is 22.4. The molecule has 0 radical (unpaired) electrons. The van der Waals surface area contributed by atoms with Gasteiger partial charge in [-0.25, -0.2) is 0 Å². The van der Waals surface area contributed by atoms with E-state index in [1.807, 2.05) is 14.0 Å². The zero-order chi connectivity index (χ0) is 24.6. The number of benzene rings is 1. The molecule has 0 spiro atoms. The van der Waals surface area contributed by atoms with Crippen LogP contribution in [0.2, 0.25) is 0 Å². The average molecular weight is 483 g/mol. The Morgan fingerprint density at radius 1 is 1.26 bits per heavy atom. The Bertz CT molecular complexity index is 904. The van der Waals surface area contributed by atoms with E-state index in [0.29, 0.717) is 24.3 Å². The molecule has 1 aliphatic heterocycles. The summed E-state index contributed by atoms with van der Waals surface area (Å²) in [4.78, 5) is 15.7. The maximum absolute atomic E-state index is 13.1. The van der Waals surface area contributed by atoms with Crippen LogP contribution >= 0.6 is 0 Å². The molecule has 1 N–H and O–H groups in total. The molecular formula is C30H46N2O3. The van der Waals surface area contributed by atoms with Gasteiger partial charge in [-0.1, -0.05) is 13.0 Å². The smallest absolute Gasteiger partial charge is 0.223 e. The van der Waals surface area contributed by atoms with Crippen LogP contribution in [0.3, 0.4) is 0 Å². The SMILES string of the molecule is CCNC(=O)[C@H]1C[C@H](OC)[C@@]2(C)CC[C@@H]3c4ccc(OCCCN5CCC[C@H]5C)cc4CC[C@H]3[C@H]12. The van der Waals surface area contributed by atoms with Gasteiger partial charge in [0, 0.05) is 32.2 Å². The topological polar surface area (TPSA) is 50.8 Å². The molecule has 35 heavy (non-hydrogen) atoms. The molecule has 1 aromatic rings. The number of carbonyl (C=O) groups excluding carboxylic acids is 1. The molecule has 0 aromatic heterocycles. The number of fused-ring (bicyclic) bond motifs is 5. The molecule has 7 atom stereocenters. The van der Waals surface area contributed by atoms with Crippen LogP contribution in [0, 0.1) is 23.2 Å². The summed E-state index contributed by atoms with van der Waals surface area (Å²) in [5.74, 6) is 2.84. The second-order valence-corrected chi connectivity index (χ2v) is 11.9. The lowest BCUT2D eigenvalue weighted by Crippen LogP contribution is -2.47. The van der Waals surface area contributed by atoms with E-state index in [4.69, 9.17) is 9.47 Å². The summed E-state index contributed by atoms with van der Waals surface area (Å²) in [5.41, 5.74) is 3.08. The Hall–Kier alpha value is -1.59. The van der Waals surface area contributed by atoms with E-state index in [-0.39, 0.29) is 23.3 Å². The fourth-order valence-electron chi connectivity index (χ4n) is 8.43. The van der Waals surface area contributed by atoms with Gasteiger partial charge >= 0.3 is 0 Å². The largest absolute Gasteiger partial charge is 0.494 e. The van der Waals surface area contributed by atoms with E-state index < -0.39 is 0 Å². The van der Waals surface area contributed by atoms with Crippen molar-refractivity contribution in [2.24, 2.45) is 23.2 Å². The Morgan fingerprint density at radius 3 is 2.86 bits per heavy atom. The summed E-state index contributed by atoms with van der Waals surface area (Å²) in [6, 6.07) is 7.58. The minimum Gasteiger partial charge on any atom is -0.494 e. The highest BCUT2D eigenvalue weighted by atomic mass is 16.5. The van der Waals surface area contributed by atoms with Crippen LogP contribution in [-0.2, 0) is 16.0 Å². The van der Waals surface area contributed by atoms with Gasteiger partial charge in [0.25, 0.3) is 0 Å². The summed E-state index contributed by atoms with van der Waals surface area (Å²) in [5, 5.41) is 3.13. The molecule has 5 rings (SSSR count). The van der Waals surface area contributed by atoms with Crippen LogP contribution in [-0.4, -0.2) is 56.3 Å². The molecule has 5 heteroatoms. The van der Waals surface area contributed by atoms with E-state index in [1.165, 1.54) is 43.4 Å². The Kier molecular flexibility index (Phi) is 7.46. The Labute approximate surface area is 212 Å². The lowest BCUT2D eigenvalue weighted by Gasteiger charge is -2.51. The minimum atomic E-state index is 0.0696. The minimum absolute atomic E-state index is 0.0696. The quantitative estimate of drug-likeness (QED) is 0.519. The standard InChI is InChI=1S/C30H46N2O3/c1-5-31-29(33)26-19-27(34-4)30(3)14-13-24-23-12-10-22(18-21(23)9-11-25(24)28(26)30)35-17-7-16-32-15-6-8-20(32)2/h10,12,18,20,24-28H,5-9,11,13-17,19H2,1-4H3,(H,31,33)/t20-,24-,25-,26+,27+,28-,30-/m1/s1. The fourth-order valence-corrected chi connectivity index (χ4v) is 8.43. The second-order valence-electron chi connectivity index (χ2n) is 11.9. The Morgan fingerprint density at radius 2 is 2.11 bits per heavy atom. The van der Waals surface area contributed by atoms with Gasteiger partial charge in [-0.3, -0.25) is 4.79 Å². The zero-order valence-electron chi connectivity index (χ0n) is 22.4. The molecule has 1 saturated heterocycles. The van der Waals surface area contributed by atoms with Crippen molar-refractivity contribution in [2.75, 3.05) is 33.4 Å². The van der Waals surface area contributed by atoms with Gasteiger partial charge in [0.15, 0.2) is 0 Å². The number of hydrogen-bond donors (Lipinski definition) is 1. The third kappa shape index (κ3) is 4.64. The summed E-state index contributed by atoms with van der Waals surface area (Å²) in [7, 11) is 1.84. The first-order valence-corrected chi connectivity index (χ1v) is 14.3. The highest BCUT2D eigenvalue weighted by molar-refractivity contribution is 5.79. The van der Waals surface area contributed by atoms with E-state index in [0.717, 1.165) is 50.6 Å². The molecular weight excluding hydrogens is 436 g/mol. The van der Waals surface area contributed by atoms with Crippen molar-refractivity contribution in [1.29, 1.82) is 0 Å². The van der Waals surface area contributed by atoms with Crippen molar-refractivity contribution in [3.63, 3.8) is 0 Å². The van der Waals surface area contributed by atoms with Crippen LogP contribution in [0.25, 0.3) is 0 Å².